The average Bonchev–Trinajstić information content (AvgIpc) is 2.55. The highest BCUT2D eigenvalue weighted by molar-refractivity contribution is 7.89. The van der Waals surface area contributed by atoms with Crippen LogP contribution in [0.1, 0.15) is 6.92 Å². The number of likely N-dealkylation sites (tertiary alicyclic amines) is 1. The van der Waals surface area contributed by atoms with Gasteiger partial charge in [0.1, 0.15) is 10.7 Å². The lowest BCUT2D eigenvalue weighted by atomic mass is 10.1. The third-order valence-electron chi connectivity index (χ3n) is 3.28. The quantitative estimate of drug-likeness (QED) is 0.925. The molecule has 0 bridgehead atoms. The van der Waals surface area contributed by atoms with Crippen LogP contribution < -0.4 is 4.72 Å². The van der Waals surface area contributed by atoms with Crippen LogP contribution in [-0.2, 0) is 10.0 Å². The van der Waals surface area contributed by atoms with E-state index in [1.54, 1.807) is 0 Å². The summed E-state index contributed by atoms with van der Waals surface area (Å²) in [7, 11) is -1.78. The van der Waals surface area contributed by atoms with Crippen LogP contribution in [0.3, 0.4) is 0 Å². The maximum absolute atomic E-state index is 12.9. The molecule has 0 radical (unpaired) electrons. The largest absolute Gasteiger partial charge is 0.304 e. The highest BCUT2D eigenvalue weighted by atomic mass is 35.5. The predicted molar refractivity (Wildman–Crippen MR) is 72.2 cm³/mol. The molecule has 0 spiro atoms. The van der Waals surface area contributed by atoms with Gasteiger partial charge in [-0.3, -0.25) is 0 Å². The van der Waals surface area contributed by atoms with Crippen molar-refractivity contribution < 1.29 is 12.8 Å². The summed E-state index contributed by atoms with van der Waals surface area (Å²) in [6.45, 7) is 3.48. The van der Waals surface area contributed by atoms with E-state index in [1.807, 2.05) is 14.0 Å². The molecule has 4 nitrogen and oxygen atoms in total. The molecule has 1 heterocycles. The maximum Gasteiger partial charge on any atom is 0.242 e. The minimum atomic E-state index is -3.72. The van der Waals surface area contributed by atoms with E-state index in [2.05, 4.69) is 9.62 Å². The number of hydrogen-bond donors (Lipinski definition) is 1. The Morgan fingerprint density at radius 1 is 1.42 bits per heavy atom. The van der Waals surface area contributed by atoms with Crippen molar-refractivity contribution in [3.05, 3.63) is 29.0 Å². The number of sulfonamides is 1. The van der Waals surface area contributed by atoms with Crippen molar-refractivity contribution in [3.63, 3.8) is 0 Å². The van der Waals surface area contributed by atoms with Crippen molar-refractivity contribution in [2.45, 2.75) is 17.9 Å². The first-order valence-corrected chi connectivity index (χ1v) is 7.81. The molecule has 7 heteroatoms. The molecule has 2 rings (SSSR count). The number of nitrogens with zero attached hydrogens (tertiary/aromatic N) is 1. The van der Waals surface area contributed by atoms with Crippen LogP contribution >= 0.6 is 11.6 Å². The van der Waals surface area contributed by atoms with Crippen molar-refractivity contribution in [1.82, 2.24) is 9.62 Å². The van der Waals surface area contributed by atoms with E-state index in [-0.39, 0.29) is 21.9 Å². The summed E-state index contributed by atoms with van der Waals surface area (Å²) in [5, 5.41) is -0.105. The van der Waals surface area contributed by atoms with Gasteiger partial charge < -0.3 is 4.90 Å². The van der Waals surface area contributed by atoms with Crippen LogP contribution in [0.4, 0.5) is 4.39 Å². The Kier molecular flexibility index (Phi) is 4.15. The van der Waals surface area contributed by atoms with Gasteiger partial charge in [-0.15, -0.1) is 0 Å². The summed E-state index contributed by atoms with van der Waals surface area (Å²) in [6, 6.07) is 3.12. The Morgan fingerprint density at radius 3 is 2.63 bits per heavy atom. The minimum Gasteiger partial charge on any atom is -0.304 e. The maximum atomic E-state index is 12.9. The molecular formula is C12H16ClFN2O2S. The van der Waals surface area contributed by atoms with Gasteiger partial charge in [0, 0.05) is 19.1 Å². The van der Waals surface area contributed by atoms with E-state index in [0.29, 0.717) is 6.54 Å². The normalized spacial score (nSPS) is 24.8. The molecule has 0 unspecified atom stereocenters. The molecule has 1 saturated heterocycles. The van der Waals surface area contributed by atoms with Crippen LogP contribution in [0.15, 0.2) is 23.1 Å². The lowest BCUT2D eigenvalue weighted by Gasteiger charge is -2.17. The van der Waals surface area contributed by atoms with Crippen molar-refractivity contribution in [2.75, 3.05) is 20.1 Å². The van der Waals surface area contributed by atoms with E-state index >= 15 is 0 Å². The van der Waals surface area contributed by atoms with Crippen molar-refractivity contribution in [3.8, 4) is 0 Å². The summed E-state index contributed by atoms with van der Waals surface area (Å²) in [4.78, 5) is 1.97. The summed E-state index contributed by atoms with van der Waals surface area (Å²) in [6.07, 6.45) is 0. The molecule has 0 aromatic heterocycles. The smallest absolute Gasteiger partial charge is 0.242 e. The molecule has 1 aromatic rings. The van der Waals surface area contributed by atoms with Gasteiger partial charge in [-0.05, 0) is 31.2 Å². The van der Waals surface area contributed by atoms with Crippen LogP contribution in [0.25, 0.3) is 0 Å². The number of halogens is 2. The second-order valence-electron chi connectivity index (χ2n) is 5.00. The van der Waals surface area contributed by atoms with E-state index < -0.39 is 15.8 Å². The van der Waals surface area contributed by atoms with Crippen molar-refractivity contribution in [2.24, 2.45) is 5.92 Å². The van der Waals surface area contributed by atoms with Crippen LogP contribution in [0.2, 0.25) is 5.02 Å². The second kappa shape index (κ2) is 5.36. The van der Waals surface area contributed by atoms with E-state index in [0.717, 1.165) is 18.7 Å². The topological polar surface area (TPSA) is 49.4 Å². The van der Waals surface area contributed by atoms with Crippen molar-refractivity contribution in [1.29, 1.82) is 0 Å². The van der Waals surface area contributed by atoms with Crippen LogP contribution in [0, 0.1) is 11.7 Å². The Hall–Kier alpha value is -0.690. The van der Waals surface area contributed by atoms with E-state index in [1.165, 1.54) is 6.07 Å². The SMILES string of the molecule is C[C@@H]1CN(C)C[C@@H]1NS(=O)(=O)c1ccc(F)cc1Cl. The molecule has 0 saturated carbocycles. The average molecular weight is 307 g/mol. The van der Waals surface area contributed by atoms with Gasteiger partial charge in [-0.1, -0.05) is 18.5 Å². The van der Waals surface area contributed by atoms with Crippen LogP contribution in [0.5, 0.6) is 0 Å². The molecule has 1 aliphatic rings. The van der Waals surface area contributed by atoms with Gasteiger partial charge in [0.2, 0.25) is 10.0 Å². The molecule has 1 fully saturated rings. The van der Waals surface area contributed by atoms with Crippen molar-refractivity contribution >= 4 is 21.6 Å². The Balaban J connectivity index is 2.23. The molecule has 0 aliphatic carbocycles. The number of likely N-dealkylation sites (N-methyl/N-ethyl adjacent to an activating group) is 1. The highest BCUT2D eigenvalue weighted by Crippen LogP contribution is 2.24. The highest BCUT2D eigenvalue weighted by Gasteiger charge is 2.32. The lowest BCUT2D eigenvalue weighted by Crippen LogP contribution is -2.39. The molecular weight excluding hydrogens is 291 g/mol. The lowest BCUT2D eigenvalue weighted by molar-refractivity contribution is 0.400. The number of nitrogens with one attached hydrogen (secondary N) is 1. The number of benzene rings is 1. The molecule has 1 aromatic carbocycles. The standard InChI is InChI=1S/C12H16ClFN2O2S/c1-8-6-16(2)7-11(8)15-19(17,18)12-4-3-9(14)5-10(12)13/h3-5,8,11,15H,6-7H2,1-2H3/t8-,11+/m1/s1. The van der Waals surface area contributed by atoms with E-state index in [9.17, 15) is 12.8 Å². The summed E-state index contributed by atoms with van der Waals surface area (Å²) in [5.74, 6) is -0.336. The molecule has 2 atom stereocenters. The predicted octanol–water partition coefficient (Wildman–Crippen LogP) is 1.71. The first-order chi connectivity index (χ1) is 8.79. The fourth-order valence-corrected chi connectivity index (χ4v) is 4.19. The summed E-state index contributed by atoms with van der Waals surface area (Å²) < 4.78 is 40.1. The van der Waals surface area contributed by atoms with Gasteiger partial charge in [-0.25, -0.2) is 17.5 Å². The van der Waals surface area contributed by atoms with Gasteiger partial charge in [0.05, 0.1) is 5.02 Å². The number of hydrogen-bond acceptors (Lipinski definition) is 3. The zero-order valence-electron chi connectivity index (χ0n) is 10.7. The first kappa shape index (κ1) is 14.7. The molecule has 1 aliphatic heterocycles. The molecule has 1 N–H and O–H groups in total. The van der Waals surface area contributed by atoms with Gasteiger partial charge in [0.15, 0.2) is 0 Å². The van der Waals surface area contributed by atoms with Crippen LogP contribution in [-0.4, -0.2) is 39.5 Å². The second-order valence-corrected chi connectivity index (χ2v) is 7.09. The Morgan fingerprint density at radius 2 is 2.11 bits per heavy atom. The molecule has 19 heavy (non-hydrogen) atoms. The van der Waals surface area contributed by atoms with Gasteiger partial charge in [0.25, 0.3) is 0 Å². The van der Waals surface area contributed by atoms with Gasteiger partial charge >= 0.3 is 0 Å². The third-order valence-corrected chi connectivity index (χ3v) is 5.26. The fourth-order valence-electron chi connectivity index (χ4n) is 2.32. The third kappa shape index (κ3) is 3.25. The monoisotopic (exact) mass is 306 g/mol. The van der Waals surface area contributed by atoms with E-state index in [4.69, 9.17) is 11.6 Å². The first-order valence-electron chi connectivity index (χ1n) is 5.95. The molecule has 106 valence electrons. The number of rotatable bonds is 3. The zero-order chi connectivity index (χ0) is 14.2. The molecule has 0 amide bonds. The van der Waals surface area contributed by atoms with Gasteiger partial charge in [-0.2, -0.15) is 0 Å². The Bertz CT molecular complexity index is 579. The summed E-state index contributed by atoms with van der Waals surface area (Å²) in [5.41, 5.74) is 0. The summed E-state index contributed by atoms with van der Waals surface area (Å²) >= 11 is 5.79. The fraction of sp³-hybridized carbons (Fsp3) is 0.500. The Labute approximate surface area is 117 Å². The zero-order valence-corrected chi connectivity index (χ0v) is 12.3. The minimum absolute atomic E-state index is 0.0858.